The average molecular weight is 572 g/mol. The third kappa shape index (κ3) is 7.96. The van der Waals surface area contributed by atoms with E-state index in [0.29, 0.717) is 17.2 Å². The van der Waals surface area contributed by atoms with Crippen molar-refractivity contribution in [1.82, 2.24) is 5.32 Å². The van der Waals surface area contributed by atoms with Crippen LogP contribution < -0.4 is 10.1 Å². The van der Waals surface area contributed by atoms with Gasteiger partial charge in [-0.15, -0.1) is 0 Å². The Morgan fingerprint density at radius 2 is 1.31 bits per heavy atom. The van der Waals surface area contributed by atoms with Gasteiger partial charge in [0.2, 0.25) is 5.75 Å². The number of nitro benzene ring substituents is 2. The van der Waals surface area contributed by atoms with Crippen molar-refractivity contribution in [2.45, 2.75) is 25.4 Å². The van der Waals surface area contributed by atoms with E-state index in [0.717, 1.165) is 17.7 Å². The molecule has 4 aromatic rings. The molecule has 0 saturated carbocycles. The van der Waals surface area contributed by atoms with E-state index in [2.05, 4.69) is 5.32 Å². The molecule has 4 rings (SSSR count). The highest BCUT2D eigenvalue weighted by Gasteiger charge is 2.36. The second-order valence-electron chi connectivity index (χ2n) is 8.90. The van der Waals surface area contributed by atoms with Crippen LogP contribution in [0.25, 0.3) is 0 Å². The highest BCUT2D eigenvalue weighted by Crippen LogP contribution is 2.32. The Hall–Kier alpha value is -5.62. The Labute approximate surface area is 239 Å². The summed E-state index contributed by atoms with van der Waals surface area (Å²) >= 11 is 0. The molecule has 0 spiro atoms. The van der Waals surface area contributed by atoms with Crippen LogP contribution in [0.1, 0.15) is 22.7 Å². The lowest BCUT2D eigenvalue weighted by molar-refractivity contribution is -0.394. The van der Waals surface area contributed by atoms with Crippen LogP contribution in [0.5, 0.6) is 5.75 Å². The van der Waals surface area contributed by atoms with Gasteiger partial charge in [0.15, 0.2) is 6.10 Å². The first kappa shape index (κ1) is 29.4. The fourth-order valence-electron chi connectivity index (χ4n) is 3.96. The second kappa shape index (κ2) is 14.1. The van der Waals surface area contributed by atoms with Crippen LogP contribution in [0.2, 0.25) is 0 Å². The highest BCUT2D eigenvalue weighted by atomic mass is 16.6. The van der Waals surface area contributed by atoms with Gasteiger partial charge in [0.25, 0.3) is 5.69 Å². The fraction of sp³-hybridized carbons (Fsp3) is 0.133. The summed E-state index contributed by atoms with van der Waals surface area (Å²) in [5.74, 6) is -1.61. The van der Waals surface area contributed by atoms with Gasteiger partial charge in [-0.25, -0.2) is 9.59 Å². The molecular formula is C30H25N3O9. The zero-order valence-corrected chi connectivity index (χ0v) is 22.0. The number of carbonyl (C=O) groups excluding carboxylic acids is 2. The Balaban J connectivity index is 1.64. The molecule has 1 N–H and O–H groups in total. The van der Waals surface area contributed by atoms with Crippen molar-refractivity contribution < 1.29 is 33.6 Å². The molecule has 0 fully saturated rings. The predicted molar refractivity (Wildman–Crippen MR) is 149 cm³/mol. The standard InChI is InChI=1S/C30H25N3O9/c34-29(42-26-17-16-24(32(36)37)18-25(26)33(38)39)28(40-19-21-10-4-1-5-11-21)27(23-14-8-3-9-15-23)31-30(35)41-20-22-12-6-2-7-13-22/h1-18,27-28H,19-20H2,(H,31,35)/t27-,28-/m1/s1. The molecule has 12 nitrogen and oxygen atoms in total. The molecule has 0 heterocycles. The van der Waals surface area contributed by atoms with Crippen molar-refractivity contribution in [2.75, 3.05) is 0 Å². The first-order valence-corrected chi connectivity index (χ1v) is 12.6. The van der Waals surface area contributed by atoms with E-state index in [1.807, 2.05) is 6.07 Å². The fourth-order valence-corrected chi connectivity index (χ4v) is 3.96. The van der Waals surface area contributed by atoms with Gasteiger partial charge in [-0.2, -0.15) is 0 Å². The maximum absolute atomic E-state index is 13.6. The molecule has 0 unspecified atom stereocenters. The largest absolute Gasteiger partial charge is 0.445 e. The Bertz CT molecular complexity index is 1530. The molecule has 0 aromatic heterocycles. The molecule has 4 aromatic carbocycles. The monoisotopic (exact) mass is 571 g/mol. The first-order valence-electron chi connectivity index (χ1n) is 12.6. The quantitative estimate of drug-likeness (QED) is 0.0979. The average Bonchev–Trinajstić information content (AvgIpc) is 3.01. The van der Waals surface area contributed by atoms with Crippen molar-refractivity contribution in [2.24, 2.45) is 0 Å². The minimum atomic E-state index is -1.52. The lowest BCUT2D eigenvalue weighted by atomic mass is 10.0. The minimum Gasteiger partial charge on any atom is -0.445 e. The van der Waals surface area contributed by atoms with Crippen LogP contribution in [0.3, 0.4) is 0 Å². The molecule has 0 aliphatic carbocycles. The van der Waals surface area contributed by atoms with Gasteiger partial charge >= 0.3 is 17.7 Å². The van der Waals surface area contributed by atoms with E-state index in [1.165, 1.54) is 0 Å². The zero-order valence-electron chi connectivity index (χ0n) is 22.0. The van der Waals surface area contributed by atoms with Crippen LogP contribution in [-0.4, -0.2) is 28.0 Å². The Morgan fingerprint density at radius 1 is 0.738 bits per heavy atom. The number of nitro groups is 2. The number of hydrogen-bond donors (Lipinski definition) is 1. The van der Waals surface area contributed by atoms with Gasteiger partial charge < -0.3 is 19.5 Å². The first-order chi connectivity index (χ1) is 20.3. The number of amides is 1. The number of hydrogen-bond acceptors (Lipinski definition) is 9. The topological polar surface area (TPSA) is 160 Å². The number of nitrogens with zero attached hydrogens (tertiary/aromatic N) is 2. The molecular weight excluding hydrogens is 546 g/mol. The maximum Gasteiger partial charge on any atom is 0.408 e. The van der Waals surface area contributed by atoms with Gasteiger partial charge in [-0.05, 0) is 22.8 Å². The van der Waals surface area contributed by atoms with Gasteiger partial charge in [0, 0.05) is 6.07 Å². The van der Waals surface area contributed by atoms with Crippen LogP contribution in [0, 0.1) is 20.2 Å². The number of ether oxygens (including phenoxy) is 3. The molecule has 0 radical (unpaired) electrons. The molecule has 214 valence electrons. The molecule has 0 aliphatic heterocycles. The summed E-state index contributed by atoms with van der Waals surface area (Å²) < 4.78 is 16.7. The molecule has 0 aliphatic rings. The van der Waals surface area contributed by atoms with Crippen molar-refractivity contribution in [3.63, 3.8) is 0 Å². The smallest absolute Gasteiger partial charge is 0.408 e. The molecule has 12 heteroatoms. The molecule has 2 atom stereocenters. The van der Waals surface area contributed by atoms with Gasteiger partial charge in [0.05, 0.1) is 28.6 Å². The van der Waals surface area contributed by atoms with Crippen molar-refractivity contribution in [1.29, 1.82) is 0 Å². The normalized spacial score (nSPS) is 12.0. The van der Waals surface area contributed by atoms with Crippen LogP contribution in [0.15, 0.2) is 109 Å². The van der Waals surface area contributed by atoms with Crippen molar-refractivity contribution in [3.05, 3.63) is 146 Å². The second-order valence-corrected chi connectivity index (χ2v) is 8.90. The Morgan fingerprint density at radius 3 is 1.88 bits per heavy atom. The lowest BCUT2D eigenvalue weighted by Gasteiger charge is -2.27. The predicted octanol–water partition coefficient (Wildman–Crippen LogP) is 5.66. The van der Waals surface area contributed by atoms with Crippen LogP contribution >= 0.6 is 0 Å². The van der Waals surface area contributed by atoms with Crippen molar-refractivity contribution >= 4 is 23.4 Å². The lowest BCUT2D eigenvalue weighted by Crippen LogP contribution is -2.43. The number of alkyl carbamates (subject to hydrolysis) is 1. The van der Waals surface area contributed by atoms with E-state index < -0.39 is 51.2 Å². The molecule has 0 bridgehead atoms. The summed E-state index contributed by atoms with van der Waals surface area (Å²) in [6.45, 7) is -0.115. The third-order valence-electron chi connectivity index (χ3n) is 6.01. The van der Waals surface area contributed by atoms with E-state index >= 15 is 0 Å². The Kier molecular flexibility index (Phi) is 9.89. The number of esters is 1. The van der Waals surface area contributed by atoms with Gasteiger partial charge in [-0.1, -0.05) is 91.0 Å². The summed E-state index contributed by atoms with van der Waals surface area (Å²) in [5, 5.41) is 25.4. The number of nitrogens with one attached hydrogen (secondary N) is 1. The van der Waals surface area contributed by atoms with E-state index in [9.17, 15) is 29.8 Å². The van der Waals surface area contributed by atoms with E-state index in [-0.39, 0.29) is 13.2 Å². The maximum atomic E-state index is 13.6. The number of carbonyl (C=O) groups is 2. The third-order valence-corrected chi connectivity index (χ3v) is 6.01. The SMILES string of the molecule is O=C(N[C@H](c1ccccc1)[C@@H](OCc1ccccc1)C(=O)Oc1ccc([N+](=O)[O-])cc1[N+](=O)[O-])OCc1ccccc1. The summed E-state index contributed by atoms with van der Waals surface area (Å²) in [5.41, 5.74) is 0.567. The summed E-state index contributed by atoms with van der Waals surface area (Å²) in [6.07, 6.45) is -2.37. The van der Waals surface area contributed by atoms with E-state index in [4.69, 9.17) is 14.2 Å². The molecule has 0 saturated heterocycles. The van der Waals surface area contributed by atoms with E-state index in [1.54, 1.807) is 84.9 Å². The highest BCUT2D eigenvalue weighted by molar-refractivity contribution is 5.81. The van der Waals surface area contributed by atoms with Crippen LogP contribution in [-0.2, 0) is 27.5 Å². The number of rotatable bonds is 12. The van der Waals surface area contributed by atoms with Gasteiger partial charge in [-0.3, -0.25) is 20.2 Å². The van der Waals surface area contributed by atoms with Crippen molar-refractivity contribution in [3.8, 4) is 5.75 Å². The summed E-state index contributed by atoms with van der Waals surface area (Å²) in [7, 11) is 0. The number of non-ortho nitro benzene ring substituents is 1. The molecule has 1 amide bonds. The minimum absolute atomic E-state index is 0.0385. The summed E-state index contributed by atoms with van der Waals surface area (Å²) in [6, 6.07) is 27.8. The number of benzene rings is 4. The van der Waals surface area contributed by atoms with Gasteiger partial charge in [0.1, 0.15) is 6.61 Å². The zero-order chi connectivity index (χ0) is 29.9. The molecule has 42 heavy (non-hydrogen) atoms. The van der Waals surface area contributed by atoms with Crippen LogP contribution in [0.4, 0.5) is 16.2 Å². The summed E-state index contributed by atoms with van der Waals surface area (Å²) in [4.78, 5) is 47.6.